The normalized spacial score (nSPS) is 20.5. The Bertz CT molecular complexity index is 735. The molecule has 1 aromatic heterocycles. The van der Waals surface area contributed by atoms with E-state index in [1.54, 1.807) is 12.1 Å². The minimum absolute atomic E-state index is 0.0264. The molecule has 0 aliphatic carbocycles. The molecular weight excluding hydrogens is 330 g/mol. The second-order valence-electron chi connectivity index (χ2n) is 6.03. The SMILES string of the molecule is CC1NCCCC1NC(=O)c1cn[nH]c1-c1cccc(OC(F)F)c1. The average molecular weight is 350 g/mol. The summed E-state index contributed by atoms with van der Waals surface area (Å²) in [5.74, 6) is -0.219. The minimum atomic E-state index is -2.90. The molecular formula is C17H20F2N4O2. The molecule has 1 aliphatic heterocycles. The van der Waals surface area contributed by atoms with Gasteiger partial charge in [0.15, 0.2) is 0 Å². The molecule has 3 rings (SSSR count). The van der Waals surface area contributed by atoms with Gasteiger partial charge in [0.2, 0.25) is 0 Å². The van der Waals surface area contributed by atoms with Gasteiger partial charge in [0.05, 0.1) is 17.5 Å². The number of nitrogens with zero attached hydrogens (tertiary/aromatic N) is 1. The van der Waals surface area contributed by atoms with E-state index in [0.29, 0.717) is 16.8 Å². The van der Waals surface area contributed by atoms with Gasteiger partial charge in [-0.25, -0.2) is 0 Å². The third kappa shape index (κ3) is 4.14. The fraction of sp³-hybridized carbons (Fsp3) is 0.412. The van der Waals surface area contributed by atoms with Crippen LogP contribution in [0, 0.1) is 0 Å². The number of nitrogens with one attached hydrogen (secondary N) is 3. The molecule has 2 aromatic rings. The van der Waals surface area contributed by atoms with Crippen LogP contribution in [0.3, 0.4) is 0 Å². The zero-order chi connectivity index (χ0) is 17.8. The Kier molecular flexibility index (Phi) is 5.28. The predicted octanol–water partition coefficient (Wildman–Crippen LogP) is 2.55. The predicted molar refractivity (Wildman–Crippen MR) is 88.6 cm³/mol. The Morgan fingerprint density at radius 1 is 1.44 bits per heavy atom. The third-order valence-corrected chi connectivity index (χ3v) is 4.31. The van der Waals surface area contributed by atoms with Gasteiger partial charge in [-0.05, 0) is 38.4 Å². The molecule has 134 valence electrons. The fourth-order valence-corrected chi connectivity index (χ4v) is 2.99. The number of aromatic amines is 1. The first kappa shape index (κ1) is 17.3. The number of carbonyl (C=O) groups is 1. The van der Waals surface area contributed by atoms with Gasteiger partial charge in [-0.1, -0.05) is 12.1 Å². The van der Waals surface area contributed by atoms with Crippen molar-refractivity contribution in [1.29, 1.82) is 0 Å². The maximum Gasteiger partial charge on any atom is 0.387 e. The lowest BCUT2D eigenvalue weighted by Crippen LogP contribution is -2.51. The molecule has 1 aromatic carbocycles. The number of benzene rings is 1. The number of amides is 1. The Morgan fingerprint density at radius 2 is 2.28 bits per heavy atom. The van der Waals surface area contributed by atoms with E-state index in [1.807, 2.05) is 6.92 Å². The summed E-state index contributed by atoms with van der Waals surface area (Å²) in [6, 6.07) is 6.40. The smallest absolute Gasteiger partial charge is 0.387 e. The van der Waals surface area contributed by atoms with Crippen molar-refractivity contribution >= 4 is 5.91 Å². The van der Waals surface area contributed by atoms with E-state index >= 15 is 0 Å². The van der Waals surface area contributed by atoms with Crippen molar-refractivity contribution in [2.75, 3.05) is 6.54 Å². The first-order chi connectivity index (χ1) is 12.0. The topological polar surface area (TPSA) is 79.0 Å². The molecule has 0 spiro atoms. The van der Waals surface area contributed by atoms with Crippen LogP contribution in [0.5, 0.6) is 5.75 Å². The summed E-state index contributed by atoms with van der Waals surface area (Å²) in [5.41, 5.74) is 1.39. The number of hydrogen-bond donors (Lipinski definition) is 3. The molecule has 1 fully saturated rings. The lowest BCUT2D eigenvalue weighted by atomic mass is 9.99. The van der Waals surface area contributed by atoms with Crippen molar-refractivity contribution in [2.45, 2.75) is 38.5 Å². The molecule has 25 heavy (non-hydrogen) atoms. The van der Waals surface area contributed by atoms with Crippen LogP contribution in [0.4, 0.5) is 8.78 Å². The van der Waals surface area contributed by atoms with Gasteiger partial charge >= 0.3 is 6.61 Å². The molecule has 8 heteroatoms. The number of rotatable bonds is 5. The monoisotopic (exact) mass is 350 g/mol. The Labute approximate surface area is 144 Å². The zero-order valence-electron chi connectivity index (χ0n) is 13.8. The van der Waals surface area contributed by atoms with Crippen molar-refractivity contribution < 1.29 is 18.3 Å². The zero-order valence-corrected chi connectivity index (χ0v) is 13.8. The second-order valence-corrected chi connectivity index (χ2v) is 6.03. The molecule has 6 nitrogen and oxygen atoms in total. The molecule has 0 bridgehead atoms. The summed E-state index contributed by atoms with van der Waals surface area (Å²) < 4.78 is 29.2. The highest BCUT2D eigenvalue weighted by Crippen LogP contribution is 2.26. The second kappa shape index (κ2) is 7.60. The van der Waals surface area contributed by atoms with Crippen molar-refractivity contribution in [3.63, 3.8) is 0 Å². The van der Waals surface area contributed by atoms with Gasteiger partial charge in [-0.15, -0.1) is 0 Å². The maximum atomic E-state index is 12.6. The third-order valence-electron chi connectivity index (χ3n) is 4.31. The average Bonchev–Trinajstić information content (AvgIpc) is 3.06. The Hall–Kier alpha value is -2.48. The molecule has 2 unspecified atom stereocenters. The van der Waals surface area contributed by atoms with Crippen LogP contribution in [0.15, 0.2) is 30.5 Å². The number of alkyl halides is 2. The van der Waals surface area contributed by atoms with Crippen LogP contribution in [0.25, 0.3) is 11.3 Å². The van der Waals surface area contributed by atoms with Gasteiger partial charge in [0.1, 0.15) is 5.75 Å². The lowest BCUT2D eigenvalue weighted by molar-refractivity contribution is -0.0498. The van der Waals surface area contributed by atoms with Crippen LogP contribution in [-0.4, -0.2) is 41.3 Å². The summed E-state index contributed by atoms with van der Waals surface area (Å²) in [4.78, 5) is 12.6. The quantitative estimate of drug-likeness (QED) is 0.774. The molecule has 0 saturated carbocycles. The van der Waals surface area contributed by atoms with Gasteiger partial charge in [0, 0.05) is 17.6 Å². The largest absolute Gasteiger partial charge is 0.435 e. The van der Waals surface area contributed by atoms with Crippen LogP contribution in [-0.2, 0) is 0 Å². The summed E-state index contributed by atoms with van der Waals surface area (Å²) in [5, 5.41) is 13.0. The Balaban J connectivity index is 1.79. The van der Waals surface area contributed by atoms with E-state index in [4.69, 9.17) is 0 Å². The summed E-state index contributed by atoms with van der Waals surface area (Å²) >= 11 is 0. The van der Waals surface area contributed by atoms with E-state index in [2.05, 4.69) is 25.6 Å². The highest BCUT2D eigenvalue weighted by Gasteiger charge is 2.24. The molecule has 0 radical (unpaired) electrons. The number of halogens is 2. The van der Waals surface area contributed by atoms with Crippen molar-refractivity contribution in [2.24, 2.45) is 0 Å². The van der Waals surface area contributed by atoms with Gasteiger partial charge < -0.3 is 15.4 Å². The summed E-state index contributed by atoms with van der Waals surface area (Å²) in [6.07, 6.45) is 3.34. The maximum absolute atomic E-state index is 12.6. The highest BCUT2D eigenvalue weighted by atomic mass is 19.3. The van der Waals surface area contributed by atoms with E-state index in [1.165, 1.54) is 18.3 Å². The van der Waals surface area contributed by atoms with Crippen molar-refractivity contribution in [3.05, 3.63) is 36.0 Å². The fourth-order valence-electron chi connectivity index (χ4n) is 2.99. The molecule has 3 N–H and O–H groups in total. The summed E-state index contributed by atoms with van der Waals surface area (Å²) in [6.45, 7) is 0.0764. The van der Waals surface area contributed by atoms with E-state index in [-0.39, 0.29) is 23.7 Å². The number of aromatic nitrogens is 2. The molecule has 1 aliphatic rings. The molecule has 2 atom stereocenters. The number of carbonyl (C=O) groups excluding carboxylic acids is 1. The van der Waals surface area contributed by atoms with Crippen LogP contribution in [0.1, 0.15) is 30.1 Å². The number of H-pyrrole nitrogens is 1. The lowest BCUT2D eigenvalue weighted by Gasteiger charge is -2.30. The van der Waals surface area contributed by atoms with Gasteiger partial charge in [-0.3, -0.25) is 9.89 Å². The first-order valence-electron chi connectivity index (χ1n) is 8.17. The Morgan fingerprint density at radius 3 is 3.04 bits per heavy atom. The minimum Gasteiger partial charge on any atom is -0.435 e. The molecule has 2 heterocycles. The standard InChI is InChI=1S/C17H20F2N4O2/c1-10-14(6-3-7-20-10)22-16(24)13-9-21-23-15(13)11-4-2-5-12(8-11)25-17(18)19/h2,4-5,8-10,14,17,20H,3,6-7H2,1H3,(H,21,23)(H,22,24). The van der Waals surface area contributed by atoms with E-state index in [9.17, 15) is 13.6 Å². The summed E-state index contributed by atoms with van der Waals surface area (Å²) in [7, 11) is 0. The number of piperidine rings is 1. The number of hydrogen-bond acceptors (Lipinski definition) is 4. The van der Waals surface area contributed by atoms with Gasteiger partial charge in [0.25, 0.3) is 5.91 Å². The molecule has 1 amide bonds. The van der Waals surface area contributed by atoms with Crippen LogP contribution in [0.2, 0.25) is 0 Å². The van der Waals surface area contributed by atoms with Crippen molar-refractivity contribution in [1.82, 2.24) is 20.8 Å². The first-order valence-corrected chi connectivity index (χ1v) is 8.17. The molecule has 1 saturated heterocycles. The van der Waals surface area contributed by atoms with E-state index < -0.39 is 6.61 Å². The van der Waals surface area contributed by atoms with E-state index in [0.717, 1.165) is 19.4 Å². The van der Waals surface area contributed by atoms with Crippen molar-refractivity contribution in [3.8, 4) is 17.0 Å². The van der Waals surface area contributed by atoms with Crippen LogP contribution < -0.4 is 15.4 Å². The van der Waals surface area contributed by atoms with Gasteiger partial charge in [-0.2, -0.15) is 13.9 Å². The van der Waals surface area contributed by atoms with Crippen LogP contribution >= 0.6 is 0 Å². The highest BCUT2D eigenvalue weighted by molar-refractivity contribution is 6.00. The number of ether oxygens (including phenoxy) is 1.